The summed E-state index contributed by atoms with van der Waals surface area (Å²) in [5.74, 6) is 8.21. The number of nitrogens with two attached hydrogens (primary N) is 1. The van der Waals surface area contributed by atoms with Crippen molar-refractivity contribution in [2.45, 2.75) is 59.4 Å². The van der Waals surface area contributed by atoms with Crippen molar-refractivity contribution in [1.82, 2.24) is 15.2 Å². The average molecular weight is 278 g/mol. The SMILES string of the molecule is Cc1nn(C)c(C)c1CC(NN)C1CCC(C)C(C)C1. The Labute approximate surface area is 123 Å². The van der Waals surface area contributed by atoms with Crippen LogP contribution in [0, 0.1) is 31.6 Å². The van der Waals surface area contributed by atoms with E-state index in [1.165, 1.54) is 30.5 Å². The first kappa shape index (κ1) is 15.5. The van der Waals surface area contributed by atoms with Gasteiger partial charge in [-0.25, -0.2) is 0 Å². The number of nitrogens with one attached hydrogen (secondary N) is 1. The first-order valence-corrected chi connectivity index (χ1v) is 7.89. The van der Waals surface area contributed by atoms with E-state index in [-0.39, 0.29) is 0 Å². The van der Waals surface area contributed by atoms with Crippen LogP contribution in [0.3, 0.4) is 0 Å². The molecule has 3 N–H and O–H groups in total. The van der Waals surface area contributed by atoms with Gasteiger partial charge in [-0.2, -0.15) is 5.10 Å². The number of hydrogen-bond acceptors (Lipinski definition) is 3. The summed E-state index contributed by atoms with van der Waals surface area (Å²) >= 11 is 0. The molecule has 4 unspecified atom stereocenters. The van der Waals surface area contributed by atoms with E-state index in [0.29, 0.717) is 12.0 Å². The second-order valence-electron chi connectivity index (χ2n) is 6.78. The molecule has 0 amide bonds. The van der Waals surface area contributed by atoms with E-state index in [4.69, 9.17) is 5.84 Å². The third kappa shape index (κ3) is 3.07. The number of rotatable bonds is 4. The minimum Gasteiger partial charge on any atom is -0.272 e. The Morgan fingerprint density at radius 3 is 2.50 bits per heavy atom. The van der Waals surface area contributed by atoms with Crippen molar-refractivity contribution in [3.8, 4) is 0 Å². The van der Waals surface area contributed by atoms with Crippen LogP contribution >= 0.6 is 0 Å². The fourth-order valence-corrected chi connectivity index (χ4v) is 3.65. The average Bonchev–Trinajstić information content (AvgIpc) is 2.65. The molecule has 1 fully saturated rings. The molecule has 2 rings (SSSR count). The molecule has 4 atom stereocenters. The van der Waals surface area contributed by atoms with Crippen LogP contribution in [0.25, 0.3) is 0 Å². The summed E-state index contributed by atoms with van der Waals surface area (Å²) in [6.45, 7) is 9.00. The topological polar surface area (TPSA) is 55.9 Å². The van der Waals surface area contributed by atoms with Crippen LogP contribution in [0.4, 0.5) is 0 Å². The highest BCUT2D eigenvalue weighted by Crippen LogP contribution is 2.35. The van der Waals surface area contributed by atoms with Crippen LogP contribution in [0.1, 0.15) is 50.1 Å². The zero-order valence-corrected chi connectivity index (χ0v) is 13.6. The molecule has 0 aliphatic heterocycles. The molecule has 114 valence electrons. The molecule has 4 heteroatoms. The third-order valence-corrected chi connectivity index (χ3v) is 5.50. The first-order valence-electron chi connectivity index (χ1n) is 7.89. The van der Waals surface area contributed by atoms with Crippen molar-refractivity contribution in [3.05, 3.63) is 17.0 Å². The largest absolute Gasteiger partial charge is 0.272 e. The number of nitrogens with zero attached hydrogens (tertiary/aromatic N) is 2. The Morgan fingerprint density at radius 2 is 2.00 bits per heavy atom. The summed E-state index contributed by atoms with van der Waals surface area (Å²) < 4.78 is 1.98. The Morgan fingerprint density at radius 1 is 1.30 bits per heavy atom. The Hall–Kier alpha value is -0.870. The predicted molar refractivity (Wildman–Crippen MR) is 83.2 cm³/mol. The Kier molecular flexibility index (Phi) is 4.86. The van der Waals surface area contributed by atoms with Gasteiger partial charge in [0.25, 0.3) is 0 Å². The van der Waals surface area contributed by atoms with Gasteiger partial charge in [0.2, 0.25) is 0 Å². The zero-order chi connectivity index (χ0) is 14.9. The fraction of sp³-hybridized carbons (Fsp3) is 0.812. The lowest BCUT2D eigenvalue weighted by Gasteiger charge is -2.36. The van der Waals surface area contributed by atoms with Crippen molar-refractivity contribution >= 4 is 0 Å². The van der Waals surface area contributed by atoms with E-state index in [1.54, 1.807) is 0 Å². The van der Waals surface area contributed by atoms with Crippen LogP contribution in [0.15, 0.2) is 0 Å². The molecule has 0 radical (unpaired) electrons. The molecule has 0 bridgehead atoms. The minimum absolute atomic E-state index is 0.367. The molecule has 4 nitrogen and oxygen atoms in total. The van der Waals surface area contributed by atoms with Crippen molar-refractivity contribution in [2.75, 3.05) is 0 Å². The smallest absolute Gasteiger partial charge is 0.0628 e. The van der Waals surface area contributed by atoms with Gasteiger partial charge in [0, 0.05) is 18.8 Å². The van der Waals surface area contributed by atoms with Gasteiger partial charge in [0.1, 0.15) is 0 Å². The van der Waals surface area contributed by atoms with Gasteiger partial charge >= 0.3 is 0 Å². The van der Waals surface area contributed by atoms with Crippen molar-refractivity contribution < 1.29 is 0 Å². The third-order valence-electron chi connectivity index (χ3n) is 5.50. The number of hydrazine groups is 1. The molecule has 1 aromatic rings. The maximum Gasteiger partial charge on any atom is 0.0628 e. The Bertz CT molecular complexity index is 452. The molecule has 1 heterocycles. The monoisotopic (exact) mass is 278 g/mol. The molecular formula is C16H30N4. The van der Waals surface area contributed by atoms with E-state index in [0.717, 1.165) is 24.0 Å². The van der Waals surface area contributed by atoms with Crippen LogP contribution in [0.2, 0.25) is 0 Å². The highest BCUT2D eigenvalue weighted by atomic mass is 15.3. The molecule has 1 aliphatic rings. The fourth-order valence-electron chi connectivity index (χ4n) is 3.65. The van der Waals surface area contributed by atoms with Crippen LogP contribution in [-0.2, 0) is 13.5 Å². The Balaban J connectivity index is 2.09. The lowest BCUT2D eigenvalue weighted by molar-refractivity contribution is 0.170. The summed E-state index contributed by atoms with van der Waals surface area (Å²) in [5, 5.41) is 4.52. The number of aromatic nitrogens is 2. The maximum atomic E-state index is 5.86. The summed E-state index contributed by atoms with van der Waals surface area (Å²) in [6, 6.07) is 0.367. The van der Waals surface area contributed by atoms with Gasteiger partial charge in [0.15, 0.2) is 0 Å². The minimum atomic E-state index is 0.367. The lowest BCUT2D eigenvalue weighted by atomic mass is 9.72. The van der Waals surface area contributed by atoms with Crippen molar-refractivity contribution in [1.29, 1.82) is 0 Å². The molecule has 0 saturated heterocycles. The van der Waals surface area contributed by atoms with Crippen LogP contribution in [-0.4, -0.2) is 15.8 Å². The maximum absolute atomic E-state index is 5.86. The molecule has 1 aromatic heterocycles. The van der Waals surface area contributed by atoms with E-state index >= 15 is 0 Å². The second-order valence-corrected chi connectivity index (χ2v) is 6.78. The van der Waals surface area contributed by atoms with Gasteiger partial charge in [-0.05, 0) is 56.4 Å². The van der Waals surface area contributed by atoms with Crippen LogP contribution in [0.5, 0.6) is 0 Å². The standard InChI is InChI=1S/C16H30N4/c1-10-6-7-14(8-11(10)2)16(18-17)9-15-12(3)19-20(5)13(15)4/h10-11,14,16,18H,6-9,17H2,1-5H3. The van der Waals surface area contributed by atoms with Gasteiger partial charge in [-0.3, -0.25) is 16.0 Å². The van der Waals surface area contributed by atoms with Gasteiger partial charge in [-0.15, -0.1) is 0 Å². The first-order chi connectivity index (χ1) is 9.43. The molecule has 0 spiro atoms. The van der Waals surface area contributed by atoms with Crippen molar-refractivity contribution in [3.63, 3.8) is 0 Å². The highest BCUT2D eigenvalue weighted by Gasteiger charge is 2.30. The lowest BCUT2D eigenvalue weighted by Crippen LogP contribution is -2.44. The molecular weight excluding hydrogens is 248 g/mol. The zero-order valence-electron chi connectivity index (χ0n) is 13.6. The summed E-state index contributed by atoms with van der Waals surface area (Å²) in [7, 11) is 2.01. The van der Waals surface area contributed by atoms with Crippen LogP contribution < -0.4 is 11.3 Å². The summed E-state index contributed by atoms with van der Waals surface area (Å²) in [4.78, 5) is 0. The predicted octanol–water partition coefficient (Wildman–Crippen LogP) is 2.48. The molecule has 1 aliphatic carbocycles. The van der Waals surface area contributed by atoms with Gasteiger partial charge in [0.05, 0.1) is 5.69 Å². The summed E-state index contributed by atoms with van der Waals surface area (Å²) in [6.07, 6.45) is 4.90. The molecule has 20 heavy (non-hydrogen) atoms. The normalized spacial score (nSPS) is 28.6. The molecule has 1 saturated carbocycles. The molecule has 0 aromatic carbocycles. The van der Waals surface area contributed by atoms with E-state index in [9.17, 15) is 0 Å². The van der Waals surface area contributed by atoms with E-state index in [2.05, 4.69) is 38.2 Å². The summed E-state index contributed by atoms with van der Waals surface area (Å²) in [5.41, 5.74) is 6.85. The second kappa shape index (κ2) is 6.27. The highest BCUT2D eigenvalue weighted by molar-refractivity contribution is 5.25. The van der Waals surface area contributed by atoms with Crippen molar-refractivity contribution in [2.24, 2.45) is 30.6 Å². The van der Waals surface area contributed by atoms with Gasteiger partial charge in [-0.1, -0.05) is 20.3 Å². The number of aryl methyl sites for hydroxylation is 2. The van der Waals surface area contributed by atoms with Gasteiger partial charge < -0.3 is 0 Å². The van der Waals surface area contributed by atoms with E-state index in [1.807, 2.05) is 11.7 Å². The van der Waals surface area contributed by atoms with E-state index < -0.39 is 0 Å². The quantitative estimate of drug-likeness (QED) is 0.657. The number of hydrogen-bond donors (Lipinski definition) is 2.